The Morgan fingerprint density at radius 3 is 1.51 bits per heavy atom. The Bertz CT molecular complexity index is 1820. The second kappa shape index (κ2) is 8.30. The van der Waals surface area contributed by atoms with Crippen molar-refractivity contribution in [3.8, 4) is 22.3 Å². The fraction of sp³-hybridized carbons (Fsp3) is 0.231. The van der Waals surface area contributed by atoms with E-state index in [9.17, 15) is 0 Å². The first kappa shape index (κ1) is 22.0. The van der Waals surface area contributed by atoms with Gasteiger partial charge in [0.25, 0.3) is 0 Å². The molecule has 4 aliphatic rings. The highest BCUT2D eigenvalue weighted by Gasteiger charge is 2.40. The molecular weight excluding hydrogens is 468 g/mol. The summed E-state index contributed by atoms with van der Waals surface area (Å²) in [7, 11) is 0. The van der Waals surface area contributed by atoms with Gasteiger partial charge in [0, 0.05) is 0 Å². The molecule has 0 saturated heterocycles. The zero-order chi connectivity index (χ0) is 25.5. The molecule has 2 fully saturated rings. The maximum Gasteiger partial charge on any atom is -0.00201 e. The molecule has 10 rings (SSSR count). The molecule has 0 heterocycles. The van der Waals surface area contributed by atoms with Crippen LogP contribution in [0, 0.1) is 11.8 Å². The van der Waals surface area contributed by atoms with E-state index in [-0.39, 0.29) is 0 Å². The fourth-order valence-electron chi connectivity index (χ4n) is 9.05. The summed E-state index contributed by atoms with van der Waals surface area (Å²) in [5, 5.41) is 8.42. The van der Waals surface area contributed by atoms with Crippen LogP contribution in [0.15, 0.2) is 109 Å². The van der Waals surface area contributed by atoms with Crippen LogP contribution in [0.25, 0.3) is 54.6 Å². The van der Waals surface area contributed by atoms with Gasteiger partial charge in [-0.3, -0.25) is 0 Å². The minimum Gasteiger partial charge on any atom is -0.0622 e. The van der Waals surface area contributed by atoms with Gasteiger partial charge in [-0.25, -0.2) is 0 Å². The van der Waals surface area contributed by atoms with E-state index >= 15 is 0 Å². The number of benzene rings is 6. The van der Waals surface area contributed by atoms with Gasteiger partial charge in [0.15, 0.2) is 0 Å². The van der Waals surface area contributed by atoms with Crippen molar-refractivity contribution in [2.75, 3.05) is 0 Å². The zero-order valence-electron chi connectivity index (χ0n) is 22.2. The summed E-state index contributed by atoms with van der Waals surface area (Å²) < 4.78 is 0. The molecule has 0 N–H and O–H groups in total. The fourth-order valence-corrected chi connectivity index (χ4v) is 9.05. The molecule has 188 valence electrons. The highest BCUT2D eigenvalue weighted by molar-refractivity contribution is 6.23. The predicted octanol–water partition coefficient (Wildman–Crippen LogP) is 10.9. The van der Waals surface area contributed by atoms with E-state index in [1.54, 1.807) is 16.5 Å². The summed E-state index contributed by atoms with van der Waals surface area (Å²) in [4.78, 5) is 0. The van der Waals surface area contributed by atoms with Crippen LogP contribution in [0.1, 0.15) is 55.1 Å². The maximum atomic E-state index is 2.54. The standard InChI is InChI=1S/C39H32/c1-2-9-26(10-3-1)37-31-11-4-6-13-33(31)39(34-14-7-5-12-32(34)37)36-18-17-30-28-22-24-19-25(23-28)21-27(20-24)29-15-8-16-35(36)38(29)30/h1-18,24-25,27-28H,19-23H2. The lowest BCUT2D eigenvalue weighted by Crippen LogP contribution is -2.31. The lowest BCUT2D eigenvalue weighted by atomic mass is 9.59. The van der Waals surface area contributed by atoms with E-state index in [0.717, 1.165) is 23.7 Å². The van der Waals surface area contributed by atoms with E-state index in [1.807, 2.05) is 0 Å². The van der Waals surface area contributed by atoms with Crippen molar-refractivity contribution < 1.29 is 0 Å². The number of fused-ring (bicyclic) bond motifs is 2. The molecule has 0 heteroatoms. The number of hydrogen-bond acceptors (Lipinski definition) is 0. The topological polar surface area (TPSA) is 0 Å². The van der Waals surface area contributed by atoms with Crippen LogP contribution >= 0.6 is 0 Å². The molecule has 0 aliphatic heterocycles. The van der Waals surface area contributed by atoms with Gasteiger partial charge < -0.3 is 0 Å². The van der Waals surface area contributed by atoms with Gasteiger partial charge in [0.05, 0.1) is 0 Å². The van der Waals surface area contributed by atoms with Gasteiger partial charge in [0.1, 0.15) is 0 Å². The van der Waals surface area contributed by atoms with Crippen molar-refractivity contribution in [2.45, 2.75) is 43.9 Å². The van der Waals surface area contributed by atoms with Crippen LogP contribution in [0.3, 0.4) is 0 Å². The molecule has 6 aromatic carbocycles. The van der Waals surface area contributed by atoms with Crippen LogP contribution in [-0.4, -0.2) is 0 Å². The second-order valence-corrected chi connectivity index (χ2v) is 12.5. The normalized spacial score (nSPS) is 23.4. The minimum absolute atomic E-state index is 0.724. The third kappa shape index (κ3) is 3.18. The van der Waals surface area contributed by atoms with Gasteiger partial charge in [-0.1, -0.05) is 109 Å². The Morgan fingerprint density at radius 1 is 0.385 bits per heavy atom. The van der Waals surface area contributed by atoms with Crippen LogP contribution in [0.4, 0.5) is 0 Å². The lowest BCUT2D eigenvalue weighted by Gasteiger charge is -2.46. The lowest BCUT2D eigenvalue weighted by molar-refractivity contribution is 0.149. The summed E-state index contributed by atoms with van der Waals surface area (Å²) >= 11 is 0. The first-order valence-corrected chi connectivity index (χ1v) is 14.9. The maximum absolute atomic E-state index is 2.54. The third-order valence-electron chi connectivity index (χ3n) is 10.4. The Morgan fingerprint density at radius 2 is 0.897 bits per heavy atom. The second-order valence-electron chi connectivity index (χ2n) is 12.5. The summed E-state index contributed by atoms with van der Waals surface area (Å²) in [5.74, 6) is 3.30. The van der Waals surface area contributed by atoms with Crippen molar-refractivity contribution in [1.82, 2.24) is 0 Å². The van der Waals surface area contributed by atoms with Crippen molar-refractivity contribution in [3.63, 3.8) is 0 Å². The first-order valence-electron chi connectivity index (χ1n) is 14.9. The minimum atomic E-state index is 0.724. The molecule has 2 unspecified atom stereocenters. The average molecular weight is 501 g/mol. The Kier molecular flexibility index (Phi) is 4.67. The quantitative estimate of drug-likeness (QED) is 0.207. The molecule has 0 amide bonds. The molecular formula is C39H32. The average Bonchev–Trinajstić information content (AvgIpc) is 2.98. The molecule has 4 aliphatic carbocycles. The van der Waals surface area contributed by atoms with E-state index in [1.165, 1.54) is 81.3 Å². The molecule has 0 aromatic heterocycles. The van der Waals surface area contributed by atoms with E-state index < -0.39 is 0 Å². The van der Waals surface area contributed by atoms with Gasteiger partial charge >= 0.3 is 0 Å². The molecule has 2 saturated carbocycles. The SMILES string of the molecule is c1ccc(-c2c3ccccc3c(-c3ccc4c5c(cccc35)C3CC5CC(C3)CC4C5)c3ccccc23)cc1. The van der Waals surface area contributed by atoms with Crippen molar-refractivity contribution >= 4 is 32.3 Å². The monoisotopic (exact) mass is 500 g/mol. The van der Waals surface area contributed by atoms with E-state index in [0.29, 0.717) is 0 Å². The zero-order valence-corrected chi connectivity index (χ0v) is 22.2. The number of hydrogen-bond donors (Lipinski definition) is 0. The molecule has 39 heavy (non-hydrogen) atoms. The van der Waals surface area contributed by atoms with Gasteiger partial charge in [-0.15, -0.1) is 0 Å². The van der Waals surface area contributed by atoms with Crippen molar-refractivity contribution in [2.24, 2.45) is 11.8 Å². The molecule has 0 spiro atoms. The summed E-state index contributed by atoms with van der Waals surface area (Å²) in [6.07, 6.45) is 7.06. The van der Waals surface area contributed by atoms with Gasteiger partial charge in [0.2, 0.25) is 0 Å². The Balaban J connectivity index is 1.40. The van der Waals surface area contributed by atoms with Crippen molar-refractivity contribution in [3.05, 3.63) is 120 Å². The van der Waals surface area contributed by atoms with E-state index in [2.05, 4.69) is 109 Å². The molecule has 0 radical (unpaired) electrons. The molecule has 2 atom stereocenters. The van der Waals surface area contributed by atoms with Crippen LogP contribution in [0.5, 0.6) is 0 Å². The van der Waals surface area contributed by atoms with Gasteiger partial charge in [-0.2, -0.15) is 0 Å². The largest absolute Gasteiger partial charge is 0.0622 e. The third-order valence-corrected chi connectivity index (χ3v) is 10.4. The number of rotatable bonds is 2. The highest BCUT2D eigenvalue weighted by atomic mass is 14.4. The van der Waals surface area contributed by atoms with Crippen LogP contribution < -0.4 is 0 Å². The molecule has 6 aromatic rings. The Hall–Kier alpha value is -3.90. The Labute approximate surface area is 230 Å². The first-order chi connectivity index (χ1) is 19.3. The molecule has 4 bridgehead atoms. The summed E-state index contributed by atoms with van der Waals surface area (Å²) in [6.45, 7) is 0. The smallest absolute Gasteiger partial charge is 0.00201 e. The predicted molar refractivity (Wildman–Crippen MR) is 165 cm³/mol. The van der Waals surface area contributed by atoms with Crippen LogP contribution in [0.2, 0.25) is 0 Å². The van der Waals surface area contributed by atoms with Gasteiger partial charge in [-0.05, 0) is 121 Å². The van der Waals surface area contributed by atoms with E-state index in [4.69, 9.17) is 0 Å². The summed E-state index contributed by atoms with van der Waals surface area (Å²) in [5.41, 5.74) is 8.68. The molecule has 0 nitrogen and oxygen atoms in total. The summed E-state index contributed by atoms with van der Waals surface area (Å²) in [6, 6.07) is 41.4. The highest BCUT2D eigenvalue weighted by Crippen LogP contribution is 2.56. The van der Waals surface area contributed by atoms with Crippen molar-refractivity contribution in [1.29, 1.82) is 0 Å². The van der Waals surface area contributed by atoms with Crippen LogP contribution in [-0.2, 0) is 0 Å².